The number of fused-ring (bicyclic) bond motifs is 2. The quantitative estimate of drug-likeness (QED) is 0.0446. The number of β-lactam (4-membered cyclic amide) rings is 1. The van der Waals surface area contributed by atoms with E-state index in [1.165, 1.54) is 42.0 Å². The van der Waals surface area contributed by atoms with Gasteiger partial charge in [0.05, 0.1) is 21.7 Å². The van der Waals surface area contributed by atoms with Crippen LogP contribution in [0.15, 0.2) is 76.7 Å². The number of ketones is 1. The molecule has 2 aromatic heterocycles. The Bertz CT molecular complexity index is 2230. The summed E-state index contributed by atoms with van der Waals surface area (Å²) < 4.78 is 1.90. The van der Waals surface area contributed by atoms with Crippen molar-refractivity contribution in [3.05, 3.63) is 93.4 Å². The molecule has 2 atom stereocenters. The fraction of sp³-hybridized carbons (Fsp3) is 0.229. The van der Waals surface area contributed by atoms with Crippen molar-refractivity contribution >= 4 is 86.0 Å². The average Bonchev–Trinajstić information content (AvgIpc) is 3.54. The van der Waals surface area contributed by atoms with E-state index in [-0.39, 0.29) is 50.9 Å². The standard InChI is InChI=1S/C35H30ClN5O9S2/c1-35(2,33(48)49)50-39-27(23-16-52-34(37)38-23)24(42)12-22-30(45)41-28(32(46)47)19(15-51-31(22)41)8-7-17-3-5-18(6-4-17)13-40-10-9-21-20(14-40)11-25(43)29(44)26(21)36/h3-11,14,16,22,31H,12-13,15H2,1-2H3,(H5,37,38,43,46,47,48,49)/p+1/b8-7?,39-27-/t22-,31-/m1/s1. The second-order valence-electron chi connectivity index (χ2n) is 12.5. The van der Waals surface area contributed by atoms with E-state index in [1.54, 1.807) is 24.4 Å². The van der Waals surface area contributed by atoms with E-state index in [2.05, 4.69) is 10.1 Å². The predicted octanol–water partition coefficient (Wildman–Crippen LogP) is 4.41. The Morgan fingerprint density at radius 3 is 2.56 bits per heavy atom. The summed E-state index contributed by atoms with van der Waals surface area (Å²) in [6.45, 7) is 3.02. The molecule has 6 rings (SSSR count). The van der Waals surface area contributed by atoms with E-state index in [0.717, 1.165) is 22.5 Å². The first kappa shape index (κ1) is 36.3. The smallest absolute Gasteiger partial charge is 0.352 e. The summed E-state index contributed by atoms with van der Waals surface area (Å²) in [5.41, 5.74) is 5.79. The summed E-state index contributed by atoms with van der Waals surface area (Å²) in [5.74, 6) is -5.03. The number of phenols is 2. The van der Waals surface area contributed by atoms with E-state index < -0.39 is 40.5 Å². The second kappa shape index (κ2) is 14.3. The number of hydrogen-bond donors (Lipinski definition) is 5. The number of carboxylic acid groups (broad SMARTS) is 2. The van der Waals surface area contributed by atoms with Crippen molar-refractivity contribution in [3.63, 3.8) is 0 Å². The van der Waals surface area contributed by atoms with Crippen molar-refractivity contribution in [2.24, 2.45) is 11.1 Å². The number of amides is 1. The number of nitrogens with zero attached hydrogens (tertiary/aromatic N) is 4. The number of aromatic nitrogens is 2. The monoisotopic (exact) mass is 764 g/mol. The van der Waals surface area contributed by atoms with Crippen molar-refractivity contribution in [2.75, 3.05) is 11.5 Å². The molecule has 268 valence electrons. The van der Waals surface area contributed by atoms with Crippen LogP contribution in [0.2, 0.25) is 5.02 Å². The zero-order valence-electron chi connectivity index (χ0n) is 27.5. The van der Waals surface area contributed by atoms with Gasteiger partial charge in [-0.3, -0.25) is 14.5 Å². The number of Topliss-reactive ketones (excluding diaryl/α,β-unsaturated/α-hetero) is 1. The lowest BCUT2D eigenvalue weighted by molar-refractivity contribution is -0.687. The molecule has 0 spiro atoms. The molecule has 0 aliphatic carbocycles. The molecule has 2 aliphatic rings. The number of carbonyl (C=O) groups is 4. The fourth-order valence-corrected chi connectivity index (χ4v) is 7.81. The minimum Gasteiger partial charge on any atom is -0.504 e. The molecule has 52 heavy (non-hydrogen) atoms. The molecule has 0 radical (unpaired) electrons. The van der Waals surface area contributed by atoms with Crippen LogP contribution >= 0.6 is 34.7 Å². The van der Waals surface area contributed by atoms with Crippen LogP contribution in [-0.2, 0) is 30.6 Å². The van der Waals surface area contributed by atoms with E-state index in [4.69, 9.17) is 22.2 Å². The Kier molecular flexibility index (Phi) is 9.98. The third-order valence-electron chi connectivity index (χ3n) is 8.47. The third-order valence-corrected chi connectivity index (χ3v) is 10.9. The number of phenolic OH excluding ortho intramolecular Hbond substituents is 2. The number of rotatable bonds is 12. The van der Waals surface area contributed by atoms with Gasteiger partial charge in [0, 0.05) is 34.6 Å². The number of nitrogen functional groups attached to an aromatic ring is 1. The molecule has 0 unspecified atom stereocenters. The zero-order valence-corrected chi connectivity index (χ0v) is 29.9. The van der Waals surface area contributed by atoms with Gasteiger partial charge < -0.3 is 31.0 Å². The van der Waals surface area contributed by atoms with Crippen molar-refractivity contribution in [1.29, 1.82) is 0 Å². The highest BCUT2D eigenvalue weighted by atomic mass is 35.5. The van der Waals surface area contributed by atoms with Gasteiger partial charge in [0.2, 0.25) is 11.5 Å². The number of aromatic hydroxyl groups is 2. The largest absolute Gasteiger partial charge is 0.504 e. The minimum absolute atomic E-state index is 0.0704. The molecule has 6 N–H and O–H groups in total. The number of aliphatic carboxylic acids is 2. The van der Waals surface area contributed by atoms with Gasteiger partial charge in [-0.05, 0) is 31.1 Å². The molecule has 0 saturated carbocycles. The number of oxime groups is 1. The number of thiazole rings is 1. The van der Waals surface area contributed by atoms with Gasteiger partial charge in [-0.1, -0.05) is 53.2 Å². The van der Waals surface area contributed by atoms with Gasteiger partial charge in [-0.2, -0.15) is 0 Å². The number of halogens is 1. The first-order chi connectivity index (χ1) is 24.6. The van der Waals surface area contributed by atoms with Crippen molar-refractivity contribution in [2.45, 2.75) is 37.8 Å². The van der Waals surface area contributed by atoms with Crippen molar-refractivity contribution in [3.8, 4) is 11.5 Å². The lowest BCUT2D eigenvalue weighted by Crippen LogP contribution is -2.62. The lowest BCUT2D eigenvalue weighted by atomic mass is 9.89. The summed E-state index contributed by atoms with van der Waals surface area (Å²) in [6, 6.07) is 10.8. The van der Waals surface area contributed by atoms with Crippen molar-refractivity contribution in [1.82, 2.24) is 9.88 Å². The highest BCUT2D eigenvalue weighted by Crippen LogP contribution is 2.46. The lowest BCUT2D eigenvalue weighted by Gasteiger charge is -2.49. The van der Waals surface area contributed by atoms with Crippen LogP contribution in [0.4, 0.5) is 5.13 Å². The van der Waals surface area contributed by atoms with Gasteiger partial charge >= 0.3 is 11.9 Å². The molecular weight excluding hydrogens is 734 g/mol. The summed E-state index contributed by atoms with van der Waals surface area (Å²) in [5, 5.41) is 45.5. The average molecular weight is 765 g/mol. The van der Waals surface area contributed by atoms with E-state index in [9.17, 15) is 39.6 Å². The highest BCUT2D eigenvalue weighted by molar-refractivity contribution is 8.00. The molecule has 4 heterocycles. The number of thioether (sulfide) groups is 1. The fourth-order valence-electron chi connectivity index (χ4n) is 5.61. The first-order valence-corrected chi connectivity index (χ1v) is 17.9. The van der Waals surface area contributed by atoms with Crippen LogP contribution in [0.25, 0.3) is 16.8 Å². The van der Waals surface area contributed by atoms with E-state index in [1.807, 2.05) is 35.0 Å². The maximum atomic E-state index is 13.4. The molecule has 1 fully saturated rings. The summed E-state index contributed by atoms with van der Waals surface area (Å²) in [4.78, 5) is 61.2. The Hall–Kier alpha value is -5.45. The SMILES string of the molecule is CC(C)(O/N=C(\C(=O)C[C@@H]1C(=O)N2C(C(=O)O)=C(C=Cc3ccc(C[n+]4ccc5c(Cl)c(O)c(O)cc5c4)cc3)CS[C@H]12)c1csc(N)n1)C(=O)O. The number of benzene rings is 2. The number of carboxylic acids is 2. The minimum atomic E-state index is -1.76. The van der Waals surface area contributed by atoms with Crippen LogP contribution in [0.5, 0.6) is 11.5 Å². The van der Waals surface area contributed by atoms with Gasteiger partial charge in [0.25, 0.3) is 0 Å². The van der Waals surface area contributed by atoms with Crippen LogP contribution in [0.3, 0.4) is 0 Å². The predicted molar refractivity (Wildman–Crippen MR) is 194 cm³/mol. The molecule has 17 heteroatoms. The van der Waals surface area contributed by atoms with E-state index in [0.29, 0.717) is 22.9 Å². The van der Waals surface area contributed by atoms with Crippen LogP contribution < -0.4 is 10.3 Å². The molecular formula is C35H31ClN5O9S2+. The molecule has 2 aliphatic heterocycles. The number of carbonyl (C=O) groups excluding carboxylic acids is 2. The first-order valence-electron chi connectivity index (χ1n) is 15.6. The zero-order chi connectivity index (χ0) is 37.5. The second-order valence-corrected chi connectivity index (χ2v) is 14.9. The Morgan fingerprint density at radius 2 is 1.90 bits per heavy atom. The molecule has 0 bridgehead atoms. The molecule has 4 aromatic rings. The Labute approximate surface area is 309 Å². The summed E-state index contributed by atoms with van der Waals surface area (Å²) in [6.07, 6.45) is 6.71. The molecule has 1 saturated heterocycles. The molecule has 14 nitrogen and oxygen atoms in total. The molecule has 1 amide bonds. The van der Waals surface area contributed by atoms with Crippen LogP contribution in [0, 0.1) is 5.92 Å². The van der Waals surface area contributed by atoms with Gasteiger partial charge in [-0.15, -0.1) is 23.1 Å². The number of hydrogen-bond acceptors (Lipinski definition) is 12. The third kappa shape index (κ3) is 7.17. The highest BCUT2D eigenvalue weighted by Gasteiger charge is 2.54. The number of pyridine rings is 1. The maximum absolute atomic E-state index is 13.4. The normalized spacial score (nSPS) is 17.7. The van der Waals surface area contributed by atoms with Gasteiger partial charge in [-0.25, -0.2) is 19.1 Å². The molecule has 2 aromatic carbocycles. The maximum Gasteiger partial charge on any atom is 0.352 e. The van der Waals surface area contributed by atoms with E-state index >= 15 is 0 Å². The van der Waals surface area contributed by atoms with Crippen LogP contribution in [-0.4, -0.2) is 76.4 Å². The van der Waals surface area contributed by atoms with Crippen molar-refractivity contribution < 1.29 is 49.0 Å². The number of nitrogens with two attached hydrogens (primary N) is 1. The summed E-state index contributed by atoms with van der Waals surface area (Å²) in [7, 11) is 0. The number of anilines is 1. The Balaban J connectivity index is 1.15. The topological polar surface area (TPSA) is 217 Å². The number of allylic oxidation sites excluding steroid dienone is 1. The van der Waals surface area contributed by atoms with Crippen LogP contribution in [0.1, 0.15) is 37.1 Å². The van der Waals surface area contributed by atoms with Gasteiger partial charge in [0.1, 0.15) is 11.4 Å². The Morgan fingerprint density at radius 1 is 1.17 bits per heavy atom. The summed E-state index contributed by atoms with van der Waals surface area (Å²) >= 11 is 8.53. The van der Waals surface area contributed by atoms with Gasteiger partial charge in [0.15, 0.2) is 47.1 Å².